The van der Waals surface area contributed by atoms with E-state index < -0.39 is 14.6 Å². The van der Waals surface area contributed by atoms with Crippen LogP contribution in [0.15, 0.2) is 6.07 Å². The van der Waals surface area contributed by atoms with E-state index in [2.05, 4.69) is 11.4 Å². The molecule has 19 heavy (non-hydrogen) atoms. The number of nitrogens with one attached hydrogen (secondary N) is 1. The molecule has 5 nitrogen and oxygen atoms in total. The molecule has 0 spiro atoms. The van der Waals surface area contributed by atoms with Crippen molar-refractivity contribution in [3.8, 4) is 6.07 Å². The minimum Gasteiger partial charge on any atom is -0.340 e. The molecule has 0 aromatic carbocycles. The molecule has 1 aromatic heterocycles. The van der Waals surface area contributed by atoms with Crippen LogP contribution in [-0.4, -0.2) is 30.5 Å². The molecule has 0 amide bonds. The van der Waals surface area contributed by atoms with E-state index in [4.69, 9.17) is 5.26 Å². The zero-order chi connectivity index (χ0) is 14.8. The van der Waals surface area contributed by atoms with Crippen LogP contribution >= 0.6 is 0 Å². The Morgan fingerprint density at radius 2 is 2.05 bits per heavy atom. The zero-order valence-corrected chi connectivity index (χ0v) is 12.9. The van der Waals surface area contributed by atoms with Gasteiger partial charge >= 0.3 is 0 Å². The topological polar surface area (TPSA) is 74.9 Å². The van der Waals surface area contributed by atoms with Crippen molar-refractivity contribution in [1.82, 2.24) is 9.88 Å². The maximum absolute atomic E-state index is 11.6. The van der Waals surface area contributed by atoms with Crippen LogP contribution < -0.4 is 5.32 Å². The smallest absolute Gasteiger partial charge is 0.153 e. The summed E-state index contributed by atoms with van der Waals surface area (Å²) in [6.07, 6.45) is 1.25. The quantitative estimate of drug-likeness (QED) is 0.878. The average molecular weight is 283 g/mol. The number of nitriles is 1. The number of rotatable bonds is 5. The highest BCUT2D eigenvalue weighted by Crippen LogP contribution is 2.16. The maximum Gasteiger partial charge on any atom is 0.153 e. The van der Waals surface area contributed by atoms with Gasteiger partial charge in [0.05, 0.1) is 4.75 Å². The molecule has 0 saturated carbocycles. The lowest BCUT2D eigenvalue weighted by Crippen LogP contribution is -2.41. The van der Waals surface area contributed by atoms with Crippen molar-refractivity contribution in [1.29, 1.82) is 5.26 Å². The van der Waals surface area contributed by atoms with Gasteiger partial charge in [-0.3, -0.25) is 0 Å². The minimum absolute atomic E-state index is 0.377. The maximum atomic E-state index is 11.6. The van der Waals surface area contributed by atoms with Gasteiger partial charge in [0.15, 0.2) is 9.84 Å². The summed E-state index contributed by atoms with van der Waals surface area (Å²) in [5.41, 5.74) is 2.64. The fourth-order valence-electron chi connectivity index (χ4n) is 1.68. The van der Waals surface area contributed by atoms with Crippen LogP contribution in [-0.2, 0) is 23.4 Å². The van der Waals surface area contributed by atoms with Crippen molar-refractivity contribution in [3.05, 3.63) is 23.0 Å². The Morgan fingerprint density at radius 1 is 1.47 bits per heavy atom. The van der Waals surface area contributed by atoms with E-state index in [9.17, 15) is 8.42 Å². The Labute approximate surface area is 115 Å². The molecule has 1 rings (SSSR count). The molecule has 0 aliphatic heterocycles. The van der Waals surface area contributed by atoms with Gasteiger partial charge in [-0.15, -0.1) is 0 Å². The third-order valence-corrected chi connectivity index (χ3v) is 5.78. The summed E-state index contributed by atoms with van der Waals surface area (Å²) in [5, 5.41) is 12.1. The molecule has 0 fully saturated rings. The van der Waals surface area contributed by atoms with Gasteiger partial charge < -0.3 is 9.88 Å². The number of aromatic nitrogens is 1. The summed E-state index contributed by atoms with van der Waals surface area (Å²) >= 11 is 0. The number of sulfone groups is 1. The number of nitrogens with zero attached hydrogens (tertiary/aromatic N) is 2. The third kappa shape index (κ3) is 3.37. The highest BCUT2D eigenvalue weighted by atomic mass is 32.2. The summed E-state index contributed by atoms with van der Waals surface area (Å²) in [4.78, 5) is 0. The van der Waals surface area contributed by atoms with Crippen molar-refractivity contribution in [2.45, 2.75) is 32.1 Å². The fourth-order valence-corrected chi connectivity index (χ4v) is 2.04. The first-order chi connectivity index (χ1) is 8.60. The lowest BCUT2D eigenvalue weighted by molar-refractivity contribution is 0.521. The minimum atomic E-state index is -3.09. The summed E-state index contributed by atoms with van der Waals surface area (Å²) in [6, 6.07) is 3.96. The van der Waals surface area contributed by atoms with Gasteiger partial charge in [0, 0.05) is 32.1 Å². The van der Waals surface area contributed by atoms with Crippen molar-refractivity contribution in [2.24, 2.45) is 7.05 Å². The Hall–Kier alpha value is -1.32. The van der Waals surface area contributed by atoms with Crippen molar-refractivity contribution >= 4 is 9.84 Å². The number of hydrogen-bond acceptors (Lipinski definition) is 4. The standard InChI is InChI=1S/C13H21N3O2S/c1-10-11(6-12(7-14)16(10)4)8-15-9-13(2,3)19(5,17)18/h6,15H,8-9H2,1-5H3. The largest absolute Gasteiger partial charge is 0.340 e. The highest BCUT2D eigenvalue weighted by molar-refractivity contribution is 7.92. The van der Waals surface area contributed by atoms with Crippen LogP contribution in [0, 0.1) is 18.3 Å². The Bertz CT molecular complexity index is 607. The predicted octanol–water partition coefficient (Wildman–Crippen LogP) is 1.12. The molecule has 0 aliphatic rings. The molecular weight excluding hydrogens is 262 g/mol. The summed E-state index contributed by atoms with van der Waals surface area (Å²) in [6.45, 7) is 6.28. The molecule has 6 heteroatoms. The molecule has 1 heterocycles. The summed E-state index contributed by atoms with van der Waals surface area (Å²) in [7, 11) is -1.25. The highest BCUT2D eigenvalue weighted by Gasteiger charge is 2.29. The molecule has 0 unspecified atom stereocenters. The molecule has 1 N–H and O–H groups in total. The van der Waals surface area contributed by atoms with Gasteiger partial charge in [0.25, 0.3) is 0 Å². The van der Waals surface area contributed by atoms with Gasteiger partial charge in [0.1, 0.15) is 11.8 Å². The van der Waals surface area contributed by atoms with E-state index in [-0.39, 0.29) is 0 Å². The molecule has 0 aliphatic carbocycles. The zero-order valence-electron chi connectivity index (χ0n) is 12.1. The molecular formula is C13H21N3O2S. The predicted molar refractivity (Wildman–Crippen MR) is 75.5 cm³/mol. The molecule has 1 aromatic rings. The van der Waals surface area contributed by atoms with E-state index >= 15 is 0 Å². The normalized spacial score (nSPS) is 12.4. The first-order valence-corrected chi connectivity index (χ1v) is 7.95. The Balaban J connectivity index is 2.73. The Morgan fingerprint density at radius 3 is 2.47 bits per heavy atom. The first-order valence-electron chi connectivity index (χ1n) is 6.06. The molecule has 0 radical (unpaired) electrons. The van der Waals surface area contributed by atoms with Crippen LogP contribution in [0.5, 0.6) is 0 Å². The Kier molecular flexibility index (Phi) is 4.43. The summed E-state index contributed by atoms with van der Waals surface area (Å²) in [5.74, 6) is 0. The van der Waals surface area contributed by atoms with Crippen LogP contribution in [0.3, 0.4) is 0 Å². The van der Waals surface area contributed by atoms with Gasteiger partial charge in [0.2, 0.25) is 0 Å². The molecule has 0 saturated heterocycles. The lowest BCUT2D eigenvalue weighted by atomic mass is 10.2. The third-order valence-electron chi connectivity index (χ3n) is 3.62. The van der Waals surface area contributed by atoms with Crippen LogP contribution in [0.4, 0.5) is 0 Å². The fraction of sp³-hybridized carbons (Fsp3) is 0.615. The van der Waals surface area contributed by atoms with E-state index in [1.54, 1.807) is 13.8 Å². The van der Waals surface area contributed by atoms with Crippen molar-refractivity contribution in [3.63, 3.8) is 0 Å². The van der Waals surface area contributed by atoms with E-state index in [1.165, 1.54) is 6.26 Å². The van der Waals surface area contributed by atoms with Gasteiger partial charge in [-0.05, 0) is 32.4 Å². The van der Waals surface area contributed by atoms with Crippen LogP contribution in [0.1, 0.15) is 30.8 Å². The second kappa shape index (κ2) is 5.35. The van der Waals surface area contributed by atoms with E-state index in [0.29, 0.717) is 18.8 Å². The van der Waals surface area contributed by atoms with Crippen LogP contribution in [0.2, 0.25) is 0 Å². The number of hydrogen-bond donors (Lipinski definition) is 1. The SMILES string of the molecule is Cc1c(CNCC(C)(C)S(C)(=O)=O)cc(C#N)n1C. The van der Waals surface area contributed by atoms with Crippen molar-refractivity contribution < 1.29 is 8.42 Å². The molecule has 106 valence electrons. The van der Waals surface area contributed by atoms with Gasteiger partial charge in [-0.25, -0.2) is 8.42 Å². The first kappa shape index (κ1) is 15.7. The van der Waals surface area contributed by atoms with E-state index in [0.717, 1.165) is 11.3 Å². The average Bonchev–Trinajstić information content (AvgIpc) is 2.55. The van der Waals surface area contributed by atoms with Gasteiger partial charge in [-0.2, -0.15) is 5.26 Å². The molecule has 0 bridgehead atoms. The lowest BCUT2D eigenvalue weighted by Gasteiger charge is -2.22. The monoisotopic (exact) mass is 283 g/mol. The second-order valence-electron chi connectivity index (χ2n) is 5.45. The molecule has 0 atom stereocenters. The van der Waals surface area contributed by atoms with E-state index in [1.807, 2.05) is 24.6 Å². The summed E-state index contributed by atoms with van der Waals surface area (Å²) < 4.78 is 24.2. The van der Waals surface area contributed by atoms with Crippen molar-refractivity contribution in [2.75, 3.05) is 12.8 Å². The van der Waals surface area contributed by atoms with Gasteiger partial charge in [-0.1, -0.05) is 0 Å². The second-order valence-corrected chi connectivity index (χ2v) is 8.10. The van der Waals surface area contributed by atoms with Crippen LogP contribution in [0.25, 0.3) is 0 Å².